The molecule has 0 aliphatic heterocycles. The number of hydrogen-bond donors (Lipinski definition) is 1. The molecule has 0 aromatic heterocycles. The summed E-state index contributed by atoms with van der Waals surface area (Å²) in [5, 5.41) is 0. The van der Waals surface area contributed by atoms with Crippen LogP contribution in [0.15, 0.2) is 0 Å². The molecule has 2 heteroatoms. The maximum atomic E-state index is 3.77. The van der Waals surface area contributed by atoms with E-state index < -0.39 is 0 Å². The molecular weight excluding hydrogens is 102 g/mol. The van der Waals surface area contributed by atoms with Crippen molar-refractivity contribution in [1.29, 1.82) is 0 Å². The zero-order chi connectivity index (χ0) is 5.91. The maximum Gasteiger partial charge on any atom is 0.0744 e. The van der Waals surface area contributed by atoms with Gasteiger partial charge in [-0.3, -0.25) is 0 Å². The Morgan fingerprint density at radius 3 is 1.62 bits per heavy atom. The highest BCUT2D eigenvalue weighted by molar-refractivity contribution is 4.58. The van der Waals surface area contributed by atoms with Crippen LogP contribution in [0.2, 0.25) is 0 Å². The molecule has 2 nitrogen and oxygen atoms in total. The van der Waals surface area contributed by atoms with Crippen molar-refractivity contribution in [3.05, 3.63) is 0 Å². The molecule has 0 aliphatic rings. The Morgan fingerprint density at radius 1 is 1.25 bits per heavy atom. The van der Waals surface area contributed by atoms with Crippen molar-refractivity contribution in [2.45, 2.75) is 27.2 Å². The summed E-state index contributed by atoms with van der Waals surface area (Å²) in [7, 11) is 0. The lowest BCUT2D eigenvalue weighted by atomic mass is 9.93. The summed E-state index contributed by atoms with van der Waals surface area (Å²) in [5.74, 6) is 0. The first-order chi connectivity index (χ1) is 3.06. The van der Waals surface area contributed by atoms with Gasteiger partial charge < -0.3 is 11.2 Å². The highest BCUT2D eigenvalue weighted by Crippen LogP contribution is 2.15. The largest absolute Gasteiger partial charge is 0.870 e. The van der Waals surface area contributed by atoms with Crippen molar-refractivity contribution < 1.29 is 11.2 Å². The summed E-state index contributed by atoms with van der Waals surface area (Å²) in [4.78, 5) is 0. The fourth-order valence-corrected chi connectivity index (χ4v) is 0.530. The molecule has 0 radical (unpaired) electrons. The van der Waals surface area contributed by atoms with Crippen LogP contribution < -0.4 is 5.73 Å². The fourth-order valence-electron chi connectivity index (χ4n) is 0.530. The zero-order valence-electron chi connectivity index (χ0n) is 6.07. The summed E-state index contributed by atoms with van der Waals surface area (Å²) in [5.41, 5.74) is 4.26. The van der Waals surface area contributed by atoms with Crippen LogP contribution in [-0.2, 0) is 0 Å². The summed E-state index contributed by atoms with van der Waals surface area (Å²) in [6, 6.07) is 0. The average Bonchev–Trinajstić information content (AvgIpc) is 1.30. The van der Waals surface area contributed by atoms with E-state index >= 15 is 0 Å². The van der Waals surface area contributed by atoms with Gasteiger partial charge in [-0.15, -0.1) is 0 Å². The molecular formula is C6H17NO. The van der Waals surface area contributed by atoms with Gasteiger partial charge in [0.2, 0.25) is 0 Å². The third-order valence-electron chi connectivity index (χ3n) is 0.927. The van der Waals surface area contributed by atoms with Gasteiger partial charge in [-0.25, -0.2) is 0 Å². The van der Waals surface area contributed by atoms with Crippen LogP contribution in [0.5, 0.6) is 0 Å². The third kappa shape index (κ3) is 9.33. The molecule has 4 N–H and O–H groups in total. The van der Waals surface area contributed by atoms with Gasteiger partial charge in [0.05, 0.1) is 6.54 Å². The van der Waals surface area contributed by atoms with E-state index in [2.05, 4.69) is 26.5 Å². The minimum atomic E-state index is 0. The van der Waals surface area contributed by atoms with E-state index in [1.165, 1.54) is 6.42 Å². The third-order valence-corrected chi connectivity index (χ3v) is 0.927. The minimum absolute atomic E-state index is 0. The minimum Gasteiger partial charge on any atom is -0.870 e. The Kier molecular flexibility index (Phi) is 5.23. The Labute approximate surface area is 51.4 Å². The van der Waals surface area contributed by atoms with Crippen LogP contribution in [-0.4, -0.2) is 12.0 Å². The van der Waals surface area contributed by atoms with Crippen LogP contribution in [0, 0.1) is 5.41 Å². The highest BCUT2D eigenvalue weighted by Gasteiger charge is 2.07. The van der Waals surface area contributed by atoms with Crippen molar-refractivity contribution in [2.75, 3.05) is 6.54 Å². The van der Waals surface area contributed by atoms with Crippen molar-refractivity contribution in [3.8, 4) is 0 Å². The van der Waals surface area contributed by atoms with Crippen LogP contribution >= 0.6 is 0 Å². The van der Waals surface area contributed by atoms with Gasteiger partial charge in [-0.2, -0.15) is 0 Å². The van der Waals surface area contributed by atoms with Gasteiger partial charge in [0.25, 0.3) is 0 Å². The molecule has 0 rings (SSSR count). The second-order valence-corrected chi connectivity index (χ2v) is 3.16. The molecule has 0 fully saturated rings. The van der Waals surface area contributed by atoms with Gasteiger partial charge >= 0.3 is 0 Å². The molecule has 0 spiro atoms. The van der Waals surface area contributed by atoms with Crippen molar-refractivity contribution in [3.63, 3.8) is 0 Å². The molecule has 0 aliphatic carbocycles. The van der Waals surface area contributed by atoms with E-state index in [1.807, 2.05) is 0 Å². The number of quaternary nitrogens is 1. The van der Waals surface area contributed by atoms with Gasteiger partial charge in [0.1, 0.15) is 0 Å². The lowest BCUT2D eigenvalue weighted by Crippen LogP contribution is -2.51. The summed E-state index contributed by atoms with van der Waals surface area (Å²) >= 11 is 0. The normalized spacial score (nSPS) is 10.5. The molecule has 0 saturated heterocycles. The molecule has 0 heterocycles. The predicted molar refractivity (Wildman–Crippen MR) is 33.8 cm³/mol. The van der Waals surface area contributed by atoms with Crippen molar-refractivity contribution >= 4 is 0 Å². The average molecular weight is 119 g/mol. The van der Waals surface area contributed by atoms with Crippen molar-refractivity contribution in [2.24, 2.45) is 5.41 Å². The van der Waals surface area contributed by atoms with E-state index in [-0.39, 0.29) is 5.48 Å². The zero-order valence-corrected chi connectivity index (χ0v) is 6.07. The monoisotopic (exact) mass is 119 g/mol. The van der Waals surface area contributed by atoms with E-state index in [4.69, 9.17) is 0 Å². The maximum absolute atomic E-state index is 3.77. The topological polar surface area (TPSA) is 57.6 Å². The predicted octanol–water partition coefficient (Wildman–Crippen LogP) is 0.488. The van der Waals surface area contributed by atoms with E-state index in [9.17, 15) is 0 Å². The first kappa shape index (κ1) is 10.8. The highest BCUT2D eigenvalue weighted by atomic mass is 16.0. The molecule has 0 aromatic rings. The first-order valence-electron chi connectivity index (χ1n) is 2.85. The molecule has 0 unspecified atom stereocenters. The Morgan fingerprint density at radius 2 is 1.62 bits per heavy atom. The van der Waals surface area contributed by atoms with Gasteiger partial charge in [-0.1, -0.05) is 20.8 Å². The lowest BCUT2D eigenvalue weighted by Gasteiger charge is -2.13. The Balaban J connectivity index is 0. The van der Waals surface area contributed by atoms with Crippen LogP contribution in [0.1, 0.15) is 27.2 Å². The van der Waals surface area contributed by atoms with E-state index in [1.54, 1.807) is 0 Å². The first-order valence-corrected chi connectivity index (χ1v) is 2.85. The van der Waals surface area contributed by atoms with Gasteiger partial charge in [0.15, 0.2) is 0 Å². The molecule has 0 aromatic carbocycles. The molecule has 0 saturated carbocycles. The second-order valence-electron chi connectivity index (χ2n) is 3.16. The van der Waals surface area contributed by atoms with E-state index in [0.717, 1.165) is 6.54 Å². The van der Waals surface area contributed by atoms with Crippen LogP contribution in [0.4, 0.5) is 0 Å². The smallest absolute Gasteiger partial charge is 0.0744 e. The second kappa shape index (κ2) is 3.87. The summed E-state index contributed by atoms with van der Waals surface area (Å²) < 4.78 is 0. The number of hydrogen-bond acceptors (Lipinski definition) is 1. The Bertz CT molecular complexity index is 47.0. The summed E-state index contributed by atoms with van der Waals surface area (Å²) in [6.07, 6.45) is 1.23. The van der Waals surface area contributed by atoms with Crippen molar-refractivity contribution in [1.82, 2.24) is 0 Å². The van der Waals surface area contributed by atoms with E-state index in [0.29, 0.717) is 5.41 Å². The van der Waals surface area contributed by atoms with Crippen LogP contribution in [0.25, 0.3) is 0 Å². The molecule has 52 valence electrons. The fraction of sp³-hybridized carbons (Fsp3) is 1.00. The summed E-state index contributed by atoms with van der Waals surface area (Å²) in [6.45, 7) is 7.76. The standard InChI is InChI=1S/C6H15N.H2O/c1-6(2,3)4-5-7;/h4-5,7H2,1-3H3;1H2. The molecule has 0 amide bonds. The molecule has 0 bridgehead atoms. The quantitative estimate of drug-likeness (QED) is 0.536. The van der Waals surface area contributed by atoms with Gasteiger partial charge in [0, 0.05) is 6.42 Å². The van der Waals surface area contributed by atoms with Gasteiger partial charge in [-0.05, 0) is 5.41 Å². The molecule has 0 atom stereocenters. The number of rotatable bonds is 1. The Hall–Kier alpha value is -0.0800. The SMILES string of the molecule is CC(C)(C)CC[NH3+].[OH-]. The molecule has 8 heavy (non-hydrogen) atoms. The van der Waals surface area contributed by atoms with Crippen LogP contribution in [0.3, 0.4) is 0 Å². The lowest BCUT2D eigenvalue weighted by molar-refractivity contribution is -0.371.